The highest BCUT2D eigenvalue weighted by Gasteiger charge is 2.40. The minimum atomic E-state index is -3.78. The van der Waals surface area contributed by atoms with Crippen LogP contribution in [0.3, 0.4) is 0 Å². The number of thiophene rings is 1. The molecule has 0 aliphatic carbocycles. The molecule has 0 saturated heterocycles. The van der Waals surface area contributed by atoms with Gasteiger partial charge in [0.25, 0.3) is 10.0 Å². The molecule has 1 atom stereocenters. The lowest BCUT2D eigenvalue weighted by Gasteiger charge is -2.34. The Balaban J connectivity index is 1.64. The zero-order valence-electron chi connectivity index (χ0n) is 17.8. The number of carbonyl (C=O) groups is 1. The maximum absolute atomic E-state index is 13.3. The van der Waals surface area contributed by atoms with Gasteiger partial charge in [-0.15, -0.1) is 11.3 Å². The Morgan fingerprint density at radius 1 is 1.00 bits per heavy atom. The van der Waals surface area contributed by atoms with E-state index in [0.717, 1.165) is 11.1 Å². The van der Waals surface area contributed by atoms with Gasteiger partial charge in [-0.2, -0.15) is 4.31 Å². The molecule has 5 nitrogen and oxygen atoms in total. The normalized spacial score (nSPS) is 17.2. The number of rotatable bonds is 4. The molecule has 1 N–H and O–H groups in total. The van der Waals surface area contributed by atoms with Crippen LogP contribution in [0.4, 0.5) is 5.69 Å². The highest BCUT2D eigenvalue weighted by molar-refractivity contribution is 7.91. The fourth-order valence-electron chi connectivity index (χ4n) is 3.78. The number of anilines is 1. The van der Waals surface area contributed by atoms with Crippen LogP contribution in [0.15, 0.2) is 70.3 Å². The third-order valence-electron chi connectivity index (χ3n) is 5.58. The topological polar surface area (TPSA) is 66.5 Å². The summed E-state index contributed by atoms with van der Waals surface area (Å²) in [6.45, 7) is 6.57. The smallest absolute Gasteiger partial charge is 0.253 e. The summed E-state index contributed by atoms with van der Waals surface area (Å²) >= 11 is 1.17. The Morgan fingerprint density at radius 3 is 2.29 bits per heavy atom. The van der Waals surface area contributed by atoms with E-state index in [9.17, 15) is 13.2 Å². The van der Waals surface area contributed by atoms with Crippen molar-refractivity contribution < 1.29 is 13.2 Å². The molecule has 3 aromatic rings. The molecule has 0 fully saturated rings. The minimum absolute atomic E-state index is 0.0151. The van der Waals surface area contributed by atoms with E-state index in [0.29, 0.717) is 12.1 Å². The van der Waals surface area contributed by atoms with Gasteiger partial charge in [0, 0.05) is 12.2 Å². The summed E-state index contributed by atoms with van der Waals surface area (Å²) in [6.07, 6.45) is 0.340. The van der Waals surface area contributed by atoms with Crippen LogP contribution >= 0.6 is 11.3 Å². The Morgan fingerprint density at radius 2 is 1.68 bits per heavy atom. The Hall–Kier alpha value is -2.48. The Bertz CT molecular complexity index is 1180. The molecule has 1 amide bonds. The third-order valence-corrected chi connectivity index (χ3v) is 8.81. The molecule has 0 saturated carbocycles. The van der Waals surface area contributed by atoms with Crippen molar-refractivity contribution in [1.82, 2.24) is 4.31 Å². The Kier molecular flexibility index (Phi) is 5.77. The zero-order chi connectivity index (χ0) is 22.2. The summed E-state index contributed by atoms with van der Waals surface area (Å²) in [4.78, 5) is 13.3. The summed E-state index contributed by atoms with van der Waals surface area (Å²) in [5.74, 6) is -0.321. The van der Waals surface area contributed by atoms with Crippen molar-refractivity contribution >= 4 is 33.0 Å². The van der Waals surface area contributed by atoms with Gasteiger partial charge in [-0.05, 0) is 52.1 Å². The fraction of sp³-hybridized carbons (Fsp3) is 0.292. The van der Waals surface area contributed by atoms with Crippen LogP contribution in [0.2, 0.25) is 0 Å². The molecule has 7 heteroatoms. The standard InChI is InChI=1S/C24H26N2O3S2/c1-24(2,3)19-10-12-20(13-11-19)25-23(27)21-15-17-7-4-5-8-18(17)16-26(21)31(28,29)22-9-6-14-30-22/h4-14,21H,15-16H2,1-3H3,(H,25,27)/t21-/m1/s1. The van der Waals surface area contributed by atoms with Gasteiger partial charge < -0.3 is 5.32 Å². The largest absolute Gasteiger partial charge is 0.325 e. The molecule has 1 aromatic heterocycles. The van der Waals surface area contributed by atoms with Gasteiger partial charge in [-0.1, -0.05) is 63.2 Å². The predicted octanol–water partition coefficient (Wildman–Crippen LogP) is 4.80. The molecular weight excluding hydrogens is 428 g/mol. The predicted molar refractivity (Wildman–Crippen MR) is 125 cm³/mol. The number of carbonyl (C=O) groups excluding carboxylic acids is 1. The average Bonchev–Trinajstić information content (AvgIpc) is 3.28. The number of nitrogens with one attached hydrogen (secondary N) is 1. The first-order valence-corrected chi connectivity index (χ1v) is 12.5. The number of hydrogen-bond donors (Lipinski definition) is 1. The van der Waals surface area contributed by atoms with E-state index in [-0.39, 0.29) is 22.1 Å². The van der Waals surface area contributed by atoms with Gasteiger partial charge in [-0.25, -0.2) is 8.42 Å². The lowest BCUT2D eigenvalue weighted by Crippen LogP contribution is -2.50. The number of benzene rings is 2. The molecule has 31 heavy (non-hydrogen) atoms. The van der Waals surface area contributed by atoms with E-state index in [1.165, 1.54) is 21.2 Å². The van der Waals surface area contributed by atoms with E-state index in [1.807, 2.05) is 48.5 Å². The van der Waals surface area contributed by atoms with Crippen molar-refractivity contribution in [2.45, 2.75) is 49.4 Å². The summed E-state index contributed by atoms with van der Waals surface area (Å²) in [6, 6.07) is 17.9. The second-order valence-electron chi connectivity index (χ2n) is 8.79. The van der Waals surface area contributed by atoms with Gasteiger partial charge in [0.2, 0.25) is 5.91 Å². The summed E-state index contributed by atoms with van der Waals surface area (Å²) in [7, 11) is -3.78. The minimum Gasteiger partial charge on any atom is -0.325 e. The highest BCUT2D eigenvalue weighted by Crippen LogP contribution is 2.31. The van der Waals surface area contributed by atoms with Gasteiger partial charge in [0.05, 0.1) is 0 Å². The van der Waals surface area contributed by atoms with Crippen molar-refractivity contribution in [2.24, 2.45) is 0 Å². The van der Waals surface area contributed by atoms with E-state index in [1.54, 1.807) is 17.5 Å². The molecule has 1 aliphatic rings. The van der Waals surface area contributed by atoms with Crippen LogP contribution in [0.5, 0.6) is 0 Å². The lowest BCUT2D eigenvalue weighted by atomic mass is 9.87. The zero-order valence-corrected chi connectivity index (χ0v) is 19.5. The quantitative estimate of drug-likeness (QED) is 0.616. The molecule has 162 valence electrons. The second-order valence-corrected chi connectivity index (χ2v) is 11.9. The molecule has 0 unspecified atom stereocenters. The molecule has 2 heterocycles. The maximum Gasteiger partial charge on any atom is 0.253 e. The molecule has 0 bridgehead atoms. The van der Waals surface area contributed by atoms with Crippen LogP contribution in [-0.4, -0.2) is 24.7 Å². The van der Waals surface area contributed by atoms with Crippen molar-refractivity contribution in [1.29, 1.82) is 0 Å². The Labute approximate surface area is 187 Å². The number of nitrogens with zero attached hydrogens (tertiary/aromatic N) is 1. The molecule has 0 spiro atoms. The van der Waals surface area contributed by atoms with E-state index in [2.05, 4.69) is 26.1 Å². The molecular formula is C24H26N2O3S2. The van der Waals surface area contributed by atoms with E-state index >= 15 is 0 Å². The lowest BCUT2D eigenvalue weighted by molar-refractivity contribution is -0.120. The van der Waals surface area contributed by atoms with E-state index < -0.39 is 16.1 Å². The van der Waals surface area contributed by atoms with Crippen LogP contribution in [0.25, 0.3) is 0 Å². The van der Waals surface area contributed by atoms with Crippen LogP contribution in [0.1, 0.15) is 37.5 Å². The number of hydrogen-bond acceptors (Lipinski definition) is 4. The second kappa shape index (κ2) is 8.22. The van der Waals surface area contributed by atoms with Crippen molar-refractivity contribution in [3.63, 3.8) is 0 Å². The van der Waals surface area contributed by atoms with Crippen LogP contribution < -0.4 is 5.32 Å². The maximum atomic E-state index is 13.3. The number of amides is 1. The van der Waals surface area contributed by atoms with Crippen LogP contribution in [-0.2, 0) is 33.2 Å². The SMILES string of the molecule is CC(C)(C)c1ccc(NC(=O)[C@H]2Cc3ccccc3CN2S(=O)(=O)c2cccs2)cc1. The van der Waals surface area contributed by atoms with Gasteiger partial charge in [0.15, 0.2) is 0 Å². The van der Waals surface area contributed by atoms with Gasteiger partial charge >= 0.3 is 0 Å². The first kappa shape index (κ1) is 21.7. The molecule has 4 rings (SSSR count). The van der Waals surface area contributed by atoms with Crippen molar-refractivity contribution in [3.8, 4) is 0 Å². The third kappa shape index (κ3) is 4.44. The van der Waals surface area contributed by atoms with E-state index in [4.69, 9.17) is 0 Å². The molecule has 1 aliphatic heterocycles. The van der Waals surface area contributed by atoms with Crippen molar-refractivity contribution in [3.05, 3.63) is 82.7 Å². The van der Waals surface area contributed by atoms with Crippen molar-refractivity contribution in [2.75, 3.05) is 5.32 Å². The summed E-state index contributed by atoms with van der Waals surface area (Å²) in [5, 5.41) is 4.66. The summed E-state index contributed by atoms with van der Waals surface area (Å²) < 4.78 is 28.3. The molecule has 0 radical (unpaired) electrons. The average molecular weight is 455 g/mol. The van der Waals surface area contributed by atoms with Gasteiger partial charge in [-0.3, -0.25) is 4.79 Å². The fourth-order valence-corrected chi connectivity index (χ4v) is 6.46. The number of sulfonamides is 1. The van der Waals surface area contributed by atoms with Gasteiger partial charge in [0.1, 0.15) is 10.3 Å². The molecule has 2 aromatic carbocycles. The first-order valence-electron chi connectivity index (χ1n) is 10.2. The monoisotopic (exact) mass is 454 g/mol. The summed E-state index contributed by atoms with van der Waals surface area (Å²) in [5.41, 5.74) is 3.77. The first-order chi connectivity index (χ1) is 14.7. The number of fused-ring (bicyclic) bond motifs is 1. The highest BCUT2D eigenvalue weighted by atomic mass is 32.2. The van der Waals surface area contributed by atoms with Crippen LogP contribution in [0, 0.1) is 0 Å².